The van der Waals surface area contributed by atoms with Crippen LogP contribution in [0.3, 0.4) is 0 Å². The van der Waals surface area contributed by atoms with Crippen LogP contribution in [0.25, 0.3) is 10.9 Å². The topological polar surface area (TPSA) is 123 Å². The van der Waals surface area contributed by atoms with E-state index in [1.54, 1.807) is 29.0 Å². The summed E-state index contributed by atoms with van der Waals surface area (Å²) in [7, 11) is 0. The van der Waals surface area contributed by atoms with Crippen molar-refractivity contribution in [2.45, 2.75) is 12.7 Å². The number of carbonyl (C=O) groups is 1. The maximum absolute atomic E-state index is 12.7. The minimum atomic E-state index is -4.52. The summed E-state index contributed by atoms with van der Waals surface area (Å²) < 4.78 is 39.9. The number of allylic oxidation sites excluding steroid dienone is 2. The summed E-state index contributed by atoms with van der Waals surface area (Å²) in [6.07, 6.45) is 2.22. The molecule has 0 radical (unpaired) electrons. The molecular formula is C21H17F3N6O. The number of rotatable bonds is 5. The Bertz CT molecular complexity index is 1220. The van der Waals surface area contributed by atoms with E-state index in [0.29, 0.717) is 27.7 Å². The Labute approximate surface area is 175 Å². The van der Waals surface area contributed by atoms with Crippen molar-refractivity contribution in [3.8, 4) is 6.07 Å². The Morgan fingerprint density at radius 2 is 2.06 bits per heavy atom. The predicted octanol–water partition coefficient (Wildman–Crippen LogP) is 3.23. The zero-order chi connectivity index (χ0) is 22.6. The van der Waals surface area contributed by atoms with E-state index in [0.717, 1.165) is 12.3 Å². The molecule has 0 bridgehead atoms. The lowest BCUT2D eigenvalue weighted by atomic mass is 10.1. The Balaban J connectivity index is 1.97. The molecule has 1 amide bonds. The molecule has 7 nitrogen and oxygen atoms in total. The van der Waals surface area contributed by atoms with Crippen molar-refractivity contribution in [2.24, 2.45) is 11.5 Å². The fraction of sp³-hybridized carbons (Fsp3) is 0.0952. The number of amides is 1. The maximum Gasteiger partial charge on any atom is 0.433 e. The van der Waals surface area contributed by atoms with E-state index in [-0.39, 0.29) is 12.2 Å². The van der Waals surface area contributed by atoms with Crippen LogP contribution in [0.15, 0.2) is 66.8 Å². The summed E-state index contributed by atoms with van der Waals surface area (Å²) >= 11 is 0. The second-order valence-electron chi connectivity index (χ2n) is 6.52. The first-order valence-electron chi connectivity index (χ1n) is 8.93. The van der Waals surface area contributed by atoms with E-state index in [1.165, 1.54) is 24.4 Å². The van der Waals surface area contributed by atoms with Gasteiger partial charge in [0, 0.05) is 24.3 Å². The van der Waals surface area contributed by atoms with Gasteiger partial charge in [0.25, 0.3) is 5.91 Å². The molecule has 0 saturated heterocycles. The molecular weight excluding hydrogens is 409 g/mol. The standard InChI is InChI=1S/C21H17F3N6O/c22-21(23,24)19-6-4-14(10-28-19)11-30-12-17(29-20(31)16(27)2-1-7-25)15-8-13(9-26)3-5-18(15)30/h1-8,10,12H,11,25,27H2,(H,29,31)/b7-1-,16-2-. The molecule has 0 aliphatic heterocycles. The highest BCUT2D eigenvalue weighted by molar-refractivity contribution is 6.08. The number of benzene rings is 1. The molecule has 3 rings (SSSR count). The third-order valence-corrected chi connectivity index (χ3v) is 4.38. The van der Waals surface area contributed by atoms with Gasteiger partial charge in [0.2, 0.25) is 0 Å². The summed E-state index contributed by atoms with van der Waals surface area (Å²) in [5.74, 6) is -0.573. The number of nitriles is 1. The number of pyridine rings is 1. The van der Waals surface area contributed by atoms with Crippen molar-refractivity contribution in [1.29, 1.82) is 5.26 Å². The maximum atomic E-state index is 12.7. The molecule has 0 atom stereocenters. The second-order valence-corrected chi connectivity index (χ2v) is 6.52. The molecule has 0 spiro atoms. The summed E-state index contributed by atoms with van der Waals surface area (Å²) in [6, 6.07) is 9.18. The smallest absolute Gasteiger partial charge is 0.405 e. The zero-order valence-electron chi connectivity index (χ0n) is 16.0. The molecule has 5 N–H and O–H groups in total. The van der Waals surface area contributed by atoms with Crippen LogP contribution in [-0.2, 0) is 17.5 Å². The van der Waals surface area contributed by atoms with Gasteiger partial charge in [-0.25, -0.2) is 0 Å². The van der Waals surface area contributed by atoms with Gasteiger partial charge in [0.05, 0.1) is 28.5 Å². The lowest BCUT2D eigenvalue weighted by molar-refractivity contribution is -0.141. The van der Waals surface area contributed by atoms with Gasteiger partial charge in [-0.1, -0.05) is 6.07 Å². The first-order valence-corrected chi connectivity index (χ1v) is 8.93. The third-order valence-electron chi connectivity index (χ3n) is 4.38. The number of alkyl halides is 3. The average Bonchev–Trinajstić information content (AvgIpc) is 3.07. The van der Waals surface area contributed by atoms with Gasteiger partial charge in [-0.05, 0) is 48.2 Å². The molecule has 0 saturated carbocycles. The van der Waals surface area contributed by atoms with Crippen LogP contribution >= 0.6 is 0 Å². The van der Waals surface area contributed by atoms with Crippen molar-refractivity contribution in [2.75, 3.05) is 5.32 Å². The van der Waals surface area contributed by atoms with Gasteiger partial charge < -0.3 is 21.4 Å². The highest BCUT2D eigenvalue weighted by Gasteiger charge is 2.32. The van der Waals surface area contributed by atoms with Crippen LogP contribution in [0, 0.1) is 11.3 Å². The molecule has 0 aliphatic rings. The SMILES string of the molecule is N#Cc1ccc2c(c1)c(NC(=O)/C(N)=C/C=C\N)cn2Cc1ccc(C(F)(F)F)nc1. The van der Waals surface area contributed by atoms with E-state index in [4.69, 9.17) is 11.5 Å². The van der Waals surface area contributed by atoms with Crippen molar-refractivity contribution < 1.29 is 18.0 Å². The van der Waals surface area contributed by atoms with Crippen LogP contribution < -0.4 is 16.8 Å². The number of halogens is 3. The van der Waals surface area contributed by atoms with Crippen molar-refractivity contribution in [3.05, 3.63) is 83.6 Å². The van der Waals surface area contributed by atoms with Crippen LogP contribution in [0.2, 0.25) is 0 Å². The van der Waals surface area contributed by atoms with E-state index in [1.807, 2.05) is 6.07 Å². The van der Waals surface area contributed by atoms with Crippen LogP contribution in [0.5, 0.6) is 0 Å². The van der Waals surface area contributed by atoms with Gasteiger partial charge in [0.15, 0.2) is 0 Å². The molecule has 0 unspecified atom stereocenters. The highest BCUT2D eigenvalue weighted by Crippen LogP contribution is 2.29. The average molecular weight is 426 g/mol. The lowest BCUT2D eigenvalue weighted by Gasteiger charge is -2.08. The summed E-state index contributed by atoms with van der Waals surface area (Å²) in [6.45, 7) is 0.199. The summed E-state index contributed by atoms with van der Waals surface area (Å²) in [4.78, 5) is 15.8. The highest BCUT2D eigenvalue weighted by atomic mass is 19.4. The molecule has 2 aromatic heterocycles. The van der Waals surface area contributed by atoms with E-state index in [9.17, 15) is 23.2 Å². The van der Waals surface area contributed by atoms with Gasteiger partial charge in [-0.15, -0.1) is 0 Å². The number of nitrogens with zero attached hydrogens (tertiary/aromatic N) is 3. The Kier molecular flexibility index (Phi) is 5.97. The minimum Gasteiger partial charge on any atom is -0.405 e. The Morgan fingerprint density at radius 1 is 1.29 bits per heavy atom. The number of hydrogen-bond acceptors (Lipinski definition) is 5. The number of anilines is 1. The summed E-state index contributed by atoms with van der Waals surface area (Å²) in [5.41, 5.74) is 11.9. The van der Waals surface area contributed by atoms with E-state index < -0.39 is 17.8 Å². The number of nitrogens with two attached hydrogens (primary N) is 2. The Morgan fingerprint density at radius 3 is 2.68 bits per heavy atom. The van der Waals surface area contributed by atoms with Crippen molar-refractivity contribution in [1.82, 2.24) is 9.55 Å². The first-order chi connectivity index (χ1) is 14.7. The molecule has 2 heterocycles. The van der Waals surface area contributed by atoms with Crippen molar-refractivity contribution >= 4 is 22.5 Å². The van der Waals surface area contributed by atoms with E-state index in [2.05, 4.69) is 10.3 Å². The quantitative estimate of drug-likeness (QED) is 0.427. The number of nitrogens with one attached hydrogen (secondary N) is 1. The fourth-order valence-electron chi connectivity index (χ4n) is 2.91. The number of carbonyl (C=O) groups excluding carboxylic acids is 1. The fourth-order valence-corrected chi connectivity index (χ4v) is 2.91. The normalized spacial score (nSPS) is 12.3. The zero-order valence-corrected chi connectivity index (χ0v) is 16.0. The molecule has 31 heavy (non-hydrogen) atoms. The summed E-state index contributed by atoms with van der Waals surface area (Å²) in [5, 5.41) is 12.5. The third kappa shape index (κ3) is 4.84. The number of hydrogen-bond donors (Lipinski definition) is 3. The van der Waals surface area contributed by atoms with Gasteiger partial charge in [-0.2, -0.15) is 18.4 Å². The second kappa shape index (κ2) is 8.62. The van der Waals surface area contributed by atoms with Gasteiger partial charge in [0.1, 0.15) is 5.69 Å². The van der Waals surface area contributed by atoms with Gasteiger partial charge in [-0.3, -0.25) is 9.78 Å². The number of fused-ring (bicyclic) bond motifs is 1. The largest absolute Gasteiger partial charge is 0.433 e. The first kappa shape index (κ1) is 21.4. The number of aromatic nitrogens is 2. The van der Waals surface area contributed by atoms with E-state index >= 15 is 0 Å². The molecule has 0 aliphatic carbocycles. The predicted molar refractivity (Wildman–Crippen MR) is 109 cm³/mol. The minimum absolute atomic E-state index is 0.0778. The molecule has 0 fully saturated rings. The molecule has 10 heteroatoms. The molecule has 158 valence electrons. The lowest BCUT2D eigenvalue weighted by Crippen LogP contribution is -2.19. The molecule has 3 aromatic rings. The van der Waals surface area contributed by atoms with Crippen LogP contribution in [0.1, 0.15) is 16.8 Å². The van der Waals surface area contributed by atoms with Crippen molar-refractivity contribution in [3.63, 3.8) is 0 Å². The van der Waals surface area contributed by atoms with Crippen LogP contribution in [0.4, 0.5) is 18.9 Å². The molecule has 1 aromatic carbocycles. The Hall–Kier alpha value is -4.26. The van der Waals surface area contributed by atoms with Crippen LogP contribution in [-0.4, -0.2) is 15.5 Å². The van der Waals surface area contributed by atoms with Gasteiger partial charge >= 0.3 is 6.18 Å². The monoisotopic (exact) mass is 426 g/mol.